The first-order valence-electron chi connectivity index (χ1n) is 6.35. The Hall–Kier alpha value is -0.0331. The summed E-state index contributed by atoms with van der Waals surface area (Å²) in [4.78, 5) is 0. The summed E-state index contributed by atoms with van der Waals surface area (Å²) in [6.07, 6.45) is 0. The molecule has 0 saturated carbocycles. The molecule has 0 aliphatic heterocycles. The Bertz CT molecular complexity index is 527. The minimum atomic E-state index is -4.66. The highest BCUT2D eigenvalue weighted by molar-refractivity contribution is 7.89. The van der Waals surface area contributed by atoms with E-state index in [1.807, 2.05) is 0 Å². The molecule has 0 rings (SSSR count). The van der Waals surface area contributed by atoms with Crippen LogP contribution in [0.5, 0.6) is 0 Å². The monoisotopic (exact) mass is 364 g/mol. The molecule has 0 atom stereocenters. The topological polar surface area (TPSA) is 86.7 Å². The Morgan fingerprint density at radius 2 is 1.24 bits per heavy atom. The van der Waals surface area contributed by atoms with Crippen LogP contribution in [0.25, 0.3) is 0 Å². The summed E-state index contributed by atoms with van der Waals surface area (Å²) in [5.41, 5.74) is 0. The quantitative estimate of drug-likeness (QED) is 0.596. The van der Waals surface area contributed by atoms with Crippen molar-refractivity contribution >= 4 is 29.7 Å². The standard InChI is InChI=1S/C11H25FO6S2Si/c1-9(2,3)21(10(4,5)6,17-19(13)14)18-20(15,16)11(7,8)12/h19H,1-8H3. The minimum absolute atomic E-state index is 0.837. The molecule has 0 aliphatic rings. The Kier molecular flexibility index (Phi) is 5.87. The molecule has 0 heterocycles. The maximum atomic E-state index is 13.9. The predicted molar refractivity (Wildman–Crippen MR) is 81.8 cm³/mol. The van der Waals surface area contributed by atoms with Gasteiger partial charge in [-0.1, -0.05) is 41.5 Å². The highest BCUT2D eigenvalue weighted by atomic mass is 32.2. The van der Waals surface area contributed by atoms with Gasteiger partial charge in [0.15, 0.2) is 0 Å². The molecule has 128 valence electrons. The van der Waals surface area contributed by atoms with Crippen molar-refractivity contribution in [1.82, 2.24) is 0 Å². The molecule has 0 bridgehead atoms. The van der Waals surface area contributed by atoms with E-state index in [0.29, 0.717) is 0 Å². The van der Waals surface area contributed by atoms with Crippen LogP contribution >= 0.6 is 0 Å². The van der Waals surface area contributed by atoms with Crippen molar-refractivity contribution in [3.63, 3.8) is 0 Å². The summed E-state index contributed by atoms with van der Waals surface area (Å²) in [6.45, 7) is 11.4. The number of halogens is 1. The van der Waals surface area contributed by atoms with E-state index in [9.17, 15) is 21.2 Å². The van der Waals surface area contributed by atoms with E-state index in [1.165, 1.54) is 0 Å². The fourth-order valence-corrected chi connectivity index (χ4v) is 11.7. The van der Waals surface area contributed by atoms with Gasteiger partial charge < -0.3 is 0 Å². The van der Waals surface area contributed by atoms with Crippen LogP contribution in [-0.2, 0) is 28.8 Å². The highest BCUT2D eigenvalue weighted by Crippen LogP contribution is 2.53. The highest BCUT2D eigenvalue weighted by Gasteiger charge is 2.63. The summed E-state index contributed by atoms with van der Waals surface area (Å²) >= 11 is 0. The lowest BCUT2D eigenvalue weighted by Crippen LogP contribution is -2.59. The van der Waals surface area contributed by atoms with E-state index in [-0.39, 0.29) is 0 Å². The molecule has 0 N–H and O–H groups in total. The zero-order valence-electron chi connectivity index (χ0n) is 13.7. The molecule has 0 aromatic heterocycles. The SMILES string of the molecule is CC(C)(C)[Si](O[SH](=O)=O)(OS(=O)(=O)C(C)(C)F)C(C)(C)C. The maximum Gasteiger partial charge on any atom is 0.385 e. The first kappa shape index (κ1) is 21.0. The zero-order valence-corrected chi connectivity index (χ0v) is 16.4. The Labute approximate surface area is 129 Å². The van der Waals surface area contributed by atoms with E-state index in [0.717, 1.165) is 13.8 Å². The second kappa shape index (κ2) is 5.87. The van der Waals surface area contributed by atoms with Crippen molar-refractivity contribution in [3.8, 4) is 0 Å². The molecular weight excluding hydrogens is 339 g/mol. The van der Waals surface area contributed by atoms with Gasteiger partial charge in [-0.3, -0.25) is 7.74 Å². The summed E-state index contributed by atoms with van der Waals surface area (Å²) in [5.74, 6) is 0. The first-order valence-corrected chi connectivity index (χ1v) is 10.7. The molecule has 0 aliphatic carbocycles. The fraction of sp³-hybridized carbons (Fsp3) is 1.00. The normalized spacial score (nSPS) is 15.5. The molecule has 0 fully saturated rings. The molecule has 0 saturated heterocycles. The largest absolute Gasteiger partial charge is 0.385 e. The van der Waals surface area contributed by atoms with Gasteiger partial charge in [0.25, 0.3) is 10.1 Å². The Morgan fingerprint density at radius 3 is 1.43 bits per heavy atom. The van der Waals surface area contributed by atoms with Crippen molar-refractivity contribution < 1.29 is 29.0 Å². The van der Waals surface area contributed by atoms with Crippen LogP contribution in [0.4, 0.5) is 4.39 Å². The van der Waals surface area contributed by atoms with E-state index >= 15 is 0 Å². The van der Waals surface area contributed by atoms with Gasteiger partial charge in [0.05, 0.1) is 0 Å². The number of hydrogen-bond acceptors (Lipinski definition) is 6. The van der Waals surface area contributed by atoms with Gasteiger partial charge in [-0.15, -0.1) is 0 Å². The average Bonchev–Trinajstić information content (AvgIpc) is 2.09. The van der Waals surface area contributed by atoms with Crippen LogP contribution in [0.1, 0.15) is 55.4 Å². The minimum Gasteiger partial charge on any atom is -0.284 e. The predicted octanol–water partition coefficient (Wildman–Crippen LogP) is 2.62. The van der Waals surface area contributed by atoms with Gasteiger partial charge in [-0.05, 0) is 13.8 Å². The molecule has 6 nitrogen and oxygen atoms in total. The average molecular weight is 365 g/mol. The molecule has 21 heavy (non-hydrogen) atoms. The summed E-state index contributed by atoms with van der Waals surface area (Å²) in [5, 5.41) is -4.53. The number of thiol groups is 1. The Morgan fingerprint density at radius 1 is 0.905 bits per heavy atom. The second-order valence-electron chi connectivity index (χ2n) is 7.33. The van der Waals surface area contributed by atoms with Gasteiger partial charge >= 0.3 is 8.56 Å². The first-order chi connectivity index (χ1) is 8.87. The van der Waals surface area contributed by atoms with E-state index in [4.69, 9.17) is 7.74 Å². The molecule has 0 unspecified atom stereocenters. The zero-order chi connectivity index (χ0) is 17.5. The fourth-order valence-electron chi connectivity index (χ4n) is 2.02. The van der Waals surface area contributed by atoms with Crippen molar-refractivity contribution in [2.45, 2.75) is 70.5 Å². The lowest BCUT2D eigenvalue weighted by atomic mass is 10.2. The molecule has 0 amide bonds. The van der Waals surface area contributed by atoms with Crippen molar-refractivity contribution in [1.29, 1.82) is 0 Å². The number of hydrogen-bond donors (Lipinski definition) is 1. The van der Waals surface area contributed by atoms with E-state index in [2.05, 4.69) is 0 Å². The summed E-state index contributed by atoms with van der Waals surface area (Å²) in [7, 11) is -12.0. The molecule has 0 aromatic rings. The van der Waals surface area contributed by atoms with Crippen molar-refractivity contribution in [2.24, 2.45) is 0 Å². The van der Waals surface area contributed by atoms with Crippen molar-refractivity contribution in [3.05, 3.63) is 0 Å². The third-order valence-electron chi connectivity index (χ3n) is 3.00. The van der Waals surface area contributed by atoms with Gasteiger partial charge in [-0.2, -0.15) is 8.42 Å². The molecular formula is C11H25FO6S2Si. The van der Waals surface area contributed by atoms with Crippen molar-refractivity contribution in [2.75, 3.05) is 0 Å². The van der Waals surface area contributed by atoms with Crippen LogP contribution in [0.2, 0.25) is 10.1 Å². The molecule has 0 spiro atoms. The van der Waals surface area contributed by atoms with Crippen LogP contribution in [0, 0.1) is 0 Å². The summed E-state index contributed by atoms with van der Waals surface area (Å²) in [6, 6.07) is 0. The van der Waals surface area contributed by atoms with Gasteiger partial charge in [0.1, 0.15) is 0 Å². The van der Waals surface area contributed by atoms with E-state index in [1.54, 1.807) is 41.5 Å². The van der Waals surface area contributed by atoms with E-state index < -0.39 is 44.7 Å². The van der Waals surface area contributed by atoms with Crippen LogP contribution < -0.4 is 0 Å². The number of alkyl halides is 1. The maximum absolute atomic E-state index is 13.9. The third-order valence-corrected chi connectivity index (χ3v) is 11.6. The third kappa shape index (κ3) is 4.47. The lowest BCUT2D eigenvalue weighted by Gasteiger charge is -2.46. The van der Waals surface area contributed by atoms with Gasteiger partial charge in [0.2, 0.25) is 16.0 Å². The Balaban J connectivity index is 6.32. The van der Waals surface area contributed by atoms with Gasteiger partial charge in [0, 0.05) is 10.1 Å². The second-order valence-corrected chi connectivity index (χ2v) is 15.3. The summed E-state index contributed by atoms with van der Waals surface area (Å²) < 4.78 is 70.6. The van der Waals surface area contributed by atoms with Crippen LogP contribution in [-0.4, -0.2) is 30.4 Å². The smallest absolute Gasteiger partial charge is 0.284 e. The molecule has 10 heteroatoms. The van der Waals surface area contributed by atoms with Crippen LogP contribution in [0.15, 0.2) is 0 Å². The van der Waals surface area contributed by atoms with Gasteiger partial charge in [-0.25, -0.2) is 12.8 Å². The lowest BCUT2D eigenvalue weighted by molar-refractivity contribution is 0.256. The van der Waals surface area contributed by atoms with Crippen LogP contribution in [0.3, 0.4) is 0 Å². The molecule has 0 aromatic carbocycles. The number of rotatable bonds is 5. The molecule has 0 radical (unpaired) electrons.